The van der Waals surface area contributed by atoms with Crippen molar-refractivity contribution in [3.63, 3.8) is 0 Å². The quantitative estimate of drug-likeness (QED) is 0.147. The van der Waals surface area contributed by atoms with Crippen molar-refractivity contribution in [1.82, 2.24) is 9.80 Å². The average molecular weight is 688 g/mol. The summed E-state index contributed by atoms with van der Waals surface area (Å²) in [5, 5.41) is 2.47. The average Bonchev–Trinajstić information content (AvgIpc) is 3.06. The normalized spacial score (nSPS) is 16.3. The summed E-state index contributed by atoms with van der Waals surface area (Å²) >= 11 is 13.4. The fourth-order valence-electron chi connectivity index (χ4n) is 6.34. The summed E-state index contributed by atoms with van der Waals surface area (Å²) in [5.41, 5.74) is 4.54. The number of rotatable bonds is 10. The molecule has 2 aromatic carbocycles. The van der Waals surface area contributed by atoms with Crippen LogP contribution in [0, 0.1) is 27.7 Å². The molecule has 4 heterocycles. The SMILES string of the molecule is Cc1c(CN2CCOCC2)c(=O)oc2c(C)c(OCCCOc3c(Cl)cc4c(C)c(CN5CCOCC5)c(=O)oc4c3C)c(Cl)cc12. The molecule has 252 valence electrons. The lowest BCUT2D eigenvalue weighted by atomic mass is 10.0. The van der Waals surface area contributed by atoms with Crippen LogP contribution in [0.5, 0.6) is 11.5 Å². The van der Waals surface area contributed by atoms with E-state index in [0.717, 1.165) is 48.1 Å². The van der Waals surface area contributed by atoms with E-state index < -0.39 is 0 Å². The molecule has 0 radical (unpaired) electrons. The standard InChI is InChI=1S/C35H40Cl2N2O8/c1-20-24-16-28(36)32(22(3)30(24)46-34(40)26(20)18-38-6-12-42-13-7-38)44-10-5-11-45-33-23(4)31-25(17-29(33)37)21(2)27(35(41)47-31)19-39-8-14-43-15-9-39/h16-17H,5-15,18-19H2,1-4H3. The Balaban J connectivity index is 1.13. The molecule has 2 aromatic heterocycles. The summed E-state index contributed by atoms with van der Waals surface area (Å²) in [5.74, 6) is 0.931. The van der Waals surface area contributed by atoms with E-state index in [2.05, 4.69) is 9.80 Å². The van der Waals surface area contributed by atoms with Crippen LogP contribution in [0.1, 0.15) is 39.8 Å². The predicted octanol–water partition coefficient (Wildman–Crippen LogP) is 5.95. The van der Waals surface area contributed by atoms with E-state index in [9.17, 15) is 9.59 Å². The molecule has 12 heteroatoms. The van der Waals surface area contributed by atoms with Crippen LogP contribution >= 0.6 is 23.2 Å². The van der Waals surface area contributed by atoms with Crippen molar-refractivity contribution in [3.8, 4) is 11.5 Å². The summed E-state index contributed by atoms with van der Waals surface area (Å²) in [4.78, 5) is 30.4. The number of hydrogen-bond donors (Lipinski definition) is 0. The van der Waals surface area contributed by atoms with E-state index in [1.165, 1.54) is 0 Å². The molecule has 6 rings (SSSR count). The highest BCUT2D eigenvalue weighted by Gasteiger charge is 2.23. The van der Waals surface area contributed by atoms with Crippen molar-refractivity contribution in [1.29, 1.82) is 0 Å². The lowest BCUT2D eigenvalue weighted by Gasteiger charge is -2.26. The number of aryl methyl sites for hydroxylation is 4. The van der Waals surface area contributed by atoms with Crippen LogP contribution in [-0.2, 0) is 22.6 Å². The Morgan fingerprint density at radius 1 is 0.638 bits per heavy atom. The maximum atomic E-state index is 13.0. The Morgan fingerprint density at radius 3 is 1.40 bits per heavy atom. The third-order valence-electron chi connectivity index (χ3n) is 9.18. The second-order valence-corrected chi connectivity index (χ2v) is 13.0. The molecule has 0 atom stereocenters. The van der Waals surface area contributed by atoms with Crippen molar-refractivity contribution in [2.75, 3.05) is 65.8 Å². The Morgan fingerprint density at radius 2 is 1.02 bits per heavy atom. The number of ether oxygens (including phenoxy) is 4. The fourth-order valence-corrected chi connectivity index (χ4v) is 6.95. The smallest absolute Gasteiger partial charge is 0.341 e. The van der Waals surface area contributed by atoms with Gasteiger partial charge in [0.15, 0.2) is 0 Å². The third kappa shape index (κ3) is 7.04. The van der Waals surface area contributed by atoms with Gasteiger partial charge in [0, 0.05) is 67.6 Å². The van der Waals surface area contributed by atoms with Gasteiger partial charge in [-0.2, -0.15) is 0 Å². The molecule has 2 fully saturated rings. The molecule has 10 nitrogen and oxygen atoms in total. The maximum absolute atomic E-state index is 13.0. The molecule has 2 aliphatic heterocycles. The summed E-state index contributed by atoms with van der Waals surface area (Å²) in [6.07, 6.45) is 0.518. The minimum atomic E-state index is -0.353. The van der Waals surface area contributed by atoms with Crippen LogP contribution < -0.4 is 20.7 Å². The minimum Gasteiger partial charge on any atom is -0.491 e. The van der Waals surface area contributed by atoms with Crippen molar-refractivity contribution in [2.45, 2.75) is 47.2 Å². The van der Waals surface area contributed by atoms with Gasteiger partial charge in [0.25, 0.3) is 0 Å². The van der Waals surface area contributed by atoms with Crippen molar-refractivity contribution < 1.29 is 27.8 Å². The lowest BCUT2D eigenvalue weighted by molar-refractivity contribution is 0.0336. The fraction of sp³-hybridized carbons (Fsp3) is 0.486. The van der Waals surface area contributed by atoms with Gasteiger partial charge in [-0.1, -0.05) is 23.2 Å². The van der Waals surface area contributed by atoms with Crippen LogP contribution in [-0.4, -0.2) is 75.6 Å². The number of benzene rings is 2. The van der Waals surface area contributed by atoms with Gasteiger partial charge < -0.3 is 27.8 Å². The van der Waals surface area contributed by atoms with Gasteiger partial charge in [-0.05, 0) is 51.0 Å². The molecule has 0 aliphatic carbocycles. The zero-order chi connectivity index (χ0) is 33.2. The first-order valence-corrected chi connectivity index (χ1v) is 16.8. The van der Waals surface area contributed by atoms with Gasteiger partial charge in [0.05, 0.1) is 60.8 Å². The number of halogens is 2. The van der Waals surface area contributed by atoms with Gasteiger partial charge in [-0.15, -0.1) is 0 Å². The van der Waals surface area contributed by atoms with Crippen LogP contribution in [0.25, 0.3) is 21.9 Å². The zero-order valence-electron chi connectivity index (χ0n) is 27.3. The van der Waals surface area contributed by atoms with Gasteiger partial charge in [-0.3, -0.25) is 9.80 Å². The summed E-state index contributed by atoms with van der Waals surface area (Å²) in [6, 6.07) is 3.61. The number of nitrogens with zero attached hydrogens (tertiary/aromatic N) is 2. The first-order chi connectivity index (χ1) is 22.6. The monoisotopic (exact) mass is 686 g/mol. The molecule has 47 heavy (non-hydrogen) atoms. The molecule has 0 N–H and O–H groups in total. The number of morpholine rings is 2. The highest BCUT2D eigenvalue weighted by Crippen LogP contribution is 2.38. The van der Waals surface area contributed by atoms with Crippen LogP contribution in [0.2, 0.25) is 10.0 Å². The largest absolute Gasteiger partial charge is 0.491 e. The van der Waals surface area contributed by atoms with Gasteiger partial charge in [0.2, 0.25) is 0 Å². The predicted molar refractivity (Wildman–Crippen MR) is 182 cm³/mol. The van der Waals surface area contributed by atoms with Crippen LogP contribution in [0.4, 0.5) is 0 Å². The molecule has 2 saturated heterocycles. The van der Waals surface area contributed by atoms with Crippen molar-refractivity contribution in [2.24, 2.45) is 0 Å². The molecule has 0 amide bonds. The van der Waals surface area contributed by atoms with Gasteiger partial charge in [0.1, 0.15) is 22.7 Å². The van der Waals surface area contributed by atoms with E-state index >= 15 is 0 Å². The summed E-state index contributed by atoms with van der Waals surface area (Å²) in [7, 11) is 0. The van der Waals surface area contributed by atoms with E-state index in [0.29, 0.717) is 114 Å². The molecule has 0 saturated carbocycles. The highest BCUT2D eigenvalue weighted by molar-refractivity contribution is 6.33. The van der Waals surface area contributed by atoms with E-state index in [1.54, 1.807) is 12.1 Å². The van der Waals surface area contributed by atoms with E-state index in [1.807, 2.05) is 27.7 Å². The van der Waals surface area contributed by atoms with E-state index in [-0.39, 0.29) is 11.3 Å². The second-order valence-electron chi connectivity index (χ2n) is 12.2. The topological polar surface area (TPSA) is 104 Å². The third-order valence-corrected chi connectivity index (χ3v) is 9.74. The Kier molecular flexibility index (Phi) is 10.5. The van der Waals surface area contributed by atoms with Crippen molar-refractivity contribution in [3.05, 3.63) is 76.4 Å². The molecular weight excluding hydrogens is 647 g/mol. The minimum absolute atomic E-state index is 0.299. The number of hydrogen-bond acceptors (Lipinski definition) is 10. The summed E-state index contributed by atoms with van der Waals surface area (Å²) < 4.78 is 34.7. The Bertz CT molecular complexity index is 1770. The first-order valence-electron chi connectivity index (χ1n) is 16.0. The molecular formula is C35H40Cl2N2O8. The second kappa shape index (κ2) is 14.6. The zero-order valence-corrected chi connectivity index (χ0v) is 28.8. The van der Waals surface area contributed by atoms with Gasteiger partial charge in [-0.25, -0.2) is 9.59 Å². The highest BCUT2D eigenvalue weighted by atomic mass is 35.5. The Labute approximate surface area is 283 Å². The molecule has 0 unspecified atom stereocenters. The number of fused-ring (bicyclic) bond motifs is 2. The molecule has 2 aliphatic rings. The molecule has 0 bridgehead atoms. The van der Waals surface area contributed by atoms with Crippen LogP contribution in [0.15, 0.2) is 30.6 Å². The first kappa shape index (κ1) is 33.8. The van der Waals surface area contributed by atoms with E-state index in [4.69, 9.17) is 51.0 Å². The lowest BCUT2D eigenvalue weighted by Crippen LogP contribution is -2.37. The molecule has 4 aromatic rings. The van der Waals surface area contributed by atoms with Gasteiger partial charge >= 0.3 is 11.3 Å². The maximum Gasteiger partial charge on any atom is 0.341 e. The van der Waals surface area contributed by atoms with Crippen LogP contribution in [0.3, 0.4) is 0 Å². The summed E-state index contributed by atoms with van der Waals surface area (Å²) in [6.45, 7) is 14.8. The Hall–Kier alpha value is -3.12. The molecule has 0 spiro atoms. The van der Waals surface area contributed by atoms with Crippen molar-refractivity contribution >= 4 is 45.1 Å².